The van der Waals surface area contributed by atoms with Crippen LogP contribution in [0.3, 0.4) is 0 Å². The van der Waals surface area contributed by atoms with Crippen LogP contribution < -0.4 is 0 Å². The lowest BCUT2D eigenvalue weighted by Gasteiger charge is -2.18. The Kier molecular flexibility index (Phi) is 5.80. The Morgan fingerprint density at radius 3 is 2.46 bits per heavy atom. The highest BCUT2D eigenvalue weighted by atomic mass is 15.1. The number of rotatable bonds is 5. The molecule has 0 saturated carbocycles. The van der Waals surface area contributed by atoms with Gasteiger partial charge in [0, 0.05) is 13.1 Å². The van der Waals surface area contributed by atoms with Gasteiger partial charge < -0.3 is 4.90 Å². The lowest BCUT2D eigenvalue weighted by Crippen LogP contribution is -2.24. The van der Waals surface area contributed by atoms with Crippen LogP contribution in [-0.4, -0.2) is 24.3 Å². The highest BCUT2D eigenvalue weighted by molar-refractivity contribution is 5.64. The average molecular weight is 349 g/mol. The molecule has 0 heterocycles. The molecule has 0 N–H and O–H groups in total. The van der Waals surface area contributed by atoms with E-state index in [-0.39, 0.29) is 0 Å². The molecule has 0 amide bonds. The summed E-state index contributed by atoms with van der Waals surface area (Å²) in [6.45, 7) is 8.72. The van der Waals surface area contributed by atoms with Crippen molar-refractivity contribution in [1.29, 1.82) is 0 Å². The van der Waals surface area contributed by atoms with Gasteiger partial charge in [0.1, 0.15) is 0 Å². The first-order valence-electron chi connectivity index (χ1n) is 9.91. The second-order valence-corrected chi connectivity index (χ2v) is 8.06. The molecule has 0 spiro atoms. The Bertz CT molecular complexity index is 802. The molecule has 0 fully saturated rings. The van der Waals surface area contributed by atoms with Crippen molar-refractivity contribution in [3.8, 4) is 0 Å². The highest BCUT2D eigenvalue weighted by Gasteiger charge is 2.11. The molecule has 2 aromatic rings. The van der Waals surface area contributed by atoms with Crippen molar-refractivity contribution in [1.82, 2.24) is 4.90 Å². The summed E-state index contributed by atoms with van der Waals surface area (Å²) in [5, 5.41) is 0. The third kappa shape index (κ3) is 4.35. The molecule has 2 nitrogen and oxygen atoms in total. The summed E-state index contributed by atoms with van der Waals surface area (Å²) in [6.07, 6.45) is 8.14. The molecule has 1 aliphatic rings. The maximum Gasteiger partial charge on any atom is 0.0912 e. The Morgan fingerprint density at radius 1 is 1.00 bits per heavy atom. The molecular formula is C24H32N2. The molecule has 0 radical (unpaired) electrons. The normalized spacial score (nSPS) is 14.1. The maximum atomic E-state index is 4.69. The lowest BCUT2D eigenvalue weighted by atomic mass is 9.88. The first-order chi connectivity index (χ1) is 12.4. The van der Waals surface area contributed by atoms with E-state index in [0.29, 0.717) is 6.04 Å². The van der Waals surface area contributed by atoms with Crippen LogP contribution >= 0.6 is 0 Å². The van der Waals surface area contributed by atoms with Crippen molar-refractivity contribution in [2.24, 2.45) is 4.99 Å². The van der Waals surface area contributed by atoms with E-state index in [1.54, 1.807) is 11.1 Å². The molecule has 138 valence electrons. The van der Waals surface area contributed by atoms with Gasteiger partial charge in [-0.3, -0.25) is 0 Å². The predicted octanol–water partition coefficient (Wildman–Crippen LogP) is 5.77. The predicted molar refractivity (Wildman–Crippen MR) is 113 cm³/mol. The second kappa shape index (κ2) is 8.07. The van der Waals surface area contributed by atoms with E-state index in [1.165, 1.54) is 47.9 Å². The van der Waals surface area contributed by atoms with Gasteiger partial charge in [0.2, 0.25) is 0 Å². The van der Waals surface area contributed by atoms with Crippen LogP contribution in [0.2, 0.25) is 0 Å². The van der Waals surface area contributed by atoms with Gasteiger partial charge in [-0.1, -0.05) is 24.3 Å². The summed E-state index contributed by atoms with van der Waals surface area (Å²) in [6, 6.07) is 12.1. The minimum Gasteiger partial charge on any atom is -0.363 e. The van der Waals surface area contributed by atoms with E-state index >= 15 is 0 Å². The third-order valence-corrected chi connectivity index (χ3v) is 5.66. The fraction of sp³-hybridized carbons (Fsp3) is 0.458. The number of benzene rings is 2. The Balaban J connectivity index is 1.80. The highest BCUT2D eigenvalue weighted by Crippen LogP contribution is 2.27. The molecule has 3 rings (SSSR count). The standard InChI is InChI=1S/C24H32N2/c1-17(2)26(5)16-25-24-13-18(3)23(12-19(24)4)15-20-10-11-21-8-6-7-9-22(21)14-20/h10-14,16-17H,6-9,15H2,1-5H3/b25-16-. The van der Waals surface area contributed by atoms with Gasteiger partial charge >= 0.3 is 0 Å². The van der Waals surface area contributed by atoms with Crippen LogP contribution in [0.5, 0.6) is 0 Å². The smallest absolute Gasteiger partial charge is 0.0912 e. The molecule has 0 bridgehead atoms. The van der Waals surface area contributed by atoms with Crippen LogP contribution in [-0.2, 0) is 19.3 Å². The second-order valence-electron chi connectivity index (χ2n) is 8.06. The SMILES string of the molecule is Cc1cc(/N=C\N(C)C(C)C)c(C)cc1Cc1ccc2c(c1)CCCC2. The quantitative estimate of drug-likeness (QED) is 0.494. The monoisotopic (exact) mass is 348 g/mol. The zero-order valence-electron chi connectivity index (χ0n) is 17.0. The summed E-state index contributed by atoms with van der Waals surface area (Å²) in [7, 11) is 2.07. The number of aryl methyl sites for hydroxylation is 4. The van der Waals surface area contributed by atoms with Crippen LogP contribution in [0.4, 0.5) is 5.69 Å². The molecule has 2 heteroatoms. The van der Waals surface area contributed by atoms with E-state index < -0.39 is 0 Å². The van der Waals surface area contributed by atoms with Crippen molar-refractivity contribution in [3.05, 3.63) is 63.7 Å². The van der Waals surface area contributed by atoms with E-state index in [1.807, 2.05) is 6.34 Å². The molecule has 2 aromatic carbocycles. The molecular weight excluding hydrogens is 316 g/mol. The Hall–Kier alpha value is -2.09. The number of nitrogens with zero attached hydrogens (tertiary/aromatic N) is 2. The summed E-state index contributed by atoms with van der Waals surface area (Å²) >= 11 is 0. The average Bonchev–Trinajstić information content (AvgIpc) is 2.62. The molecule has 26 heavy (non-hydrogen) atoms. The van der Waals surface area contributed by atoms with Gasteiger partial charge in [-0.05, 0) is 99.2 Å². The summed E-state index contributed by atoms with van der Waals surface area (Å²) in [5.41, 5.74) is 9.63. The van der Waals surface area contributed by atoms with Crippen LogP contribution in [0.25, 0.3) is 0 Å². The molecule has 0 aliphatic heterocycles. The van der Waals surface area contributed by atoms with Gasteiger partial charge in [0.25, 0.3) is 0 Å². The van der Waals surface area contributed by atoms with Crippen LogP contribution in [0.1, 0.15) is 60.1 Å². The number of hydrogen-bond donors (Lipinski definition) is 0. The van der Waals surface area contributed by atoms with Crippen molar-refractivity contribution >= 4 is 12.0 Å². The fourth-order valence-electron chi connectivity index (χ4n) is 3.59. The van der Waals surface area contributed by atoms with Gasteiger partial charge in [-0.15, -0.1) is 0 Å². The van der Waals surface area contributed by atoms with Crippen molar-refractivity contribution in [2.75, 3.05) is 7.05 Å². The summed E-state index contributed by atoms with van der Waals surface area (Å²) < 4.78 is 0. The molecule has 1 aliphatic carbocycles. The Labute approximate surface area is 159 Å². The minimum absolute atomic E-state index is 0.462. The summed E-state index contributed by atoms with van der Waals surface area (Å²) in [5.74, 6) is 0. The third-order valence-electron chi connectivity index (χ3n) is 5.66. The first kappa shape index (κ1) is 18.7. The number of aliphatic imine (C=N–C) groups is 1. The molecule has 0 atom stereocenters. The maximum absolute atomic E-state index is 4.69. The van der Waals surface area contributed by atoms with Crippen molar-refractivity contribution in [2.45, 2.75) is 65.8 Å². The Morgan fingerprint density at radius 2 is 1.73 bits per heavy atom. The van der Waals surface area contributed by atoms with E-state index in [4.69, 9.17) is 4.99 Å². The van der Waals surface area contributed by atoms with Gasteiger partial charge in [-0.25, -0.2) is 4.99 Å². The van der Waals surface area contributed by atoms with Crippen LogP contribution in [0, 0.1) is 13.8 Å². The van der Waals surface area contributed by atoms with Crippen molar-refractivity contribution < 1.29 is 0 Å². The van der Waals surface area contributed by atoms with Gasteiger partial charge in [0.05, 0.1) is 12.0 Å². The number of fused-ring (bicyclic) bond motifs is 1. The van der Waals surface area contributed by atoms with Crippen LogP contribution in [0.15, 0.2) is 35.3 Å². The van der Waals surface area contributed by atoms with Gasteiger partial charge in [0.15, 0.2) is 0 Å². The zero-order chi connectivity index (χ0) is 18.7. The first-order valence-corrected chi connectivity index (χ1v) is 9.91. The molecule has 0 saturated heterocycles. The summed E-state index contributed by atoms with van der Waals surface area (Å²) in [4.78, 5) is 6.83. The minimum atomic E-state index is 0.462. The zero-order valence-corrected chi connectivity index (χ0v) is 17.0. The van der Waals surface area contributed by atoms with E-state index in [9.17, 15) is 0 Å². The molecule has 0 unspecified atom stereocenters. The van der Waals surface area contributed by atoms with E-state index in [0.717, 1.165) is 12.1 Å². The lowest BCUT2D eigenvalue weighted by molar-refractivity contribution is 0.429. The van der Waals surface area contributed by atoms with E-state index in [2.05, 4.69) is 70.0 Å². The van der Waals surface area contributed by atoms with Crippen molar-refractivity contribution in [3.63, 3.8) is 0 Å². The largest absolute Gasteiger partial charge is 0.363 e. The molecule has 0 aromatic heterocycles. The number of hydrogen-bond acceptors (Lipinski definition) is 1. The fourth-order valence-corrected chi connectivity index (χ4v) is 3.59. The van der Waals surface area contributed by atoms with Gasteiger partial charge in [-0.2, -0.15) is 0 Å². The topological polar surface area (TPSA) is 15.6 Å².